The highest BCUT2D eigenvalue weighted by Crippen LogP contribution is 2.43. The van der Waals surface area contributed by atoms with Crippen LogP contribution in [0, 0.1) is 5.41 Å². The Hall–Kier alpha value is -0.170. The Morgan fingerprint density at radius 2 is 1.79 bits per heavy atom. The molecule has 0 bridgehead atoms. The fourth-order valence-corrected chi connectivity index (χ4v) is 3.54. The number of hydrogen-bond acceptors (Lipinski definition) is 5. The molecule has 6 heteroatoms. The normalized spacial score (nSPS) is 24.1. The molecule has 0 amide bonds. The highest BCUT2D eigenvalue weighted by Gasteiger charge is 2.43. The van der Waals surface area contributed by atoms with Gasteiger partial charge in [-0.05, 0) is 37.5 Å². The summed E-state index contributed by atoms with van der Waals surface area (Å²) < 4.78 is 28.4. The van der Waals surface area contributed by atoms with Crippen LogP contribution in [0.15, 0.2) is 0 Å². The van der Waals surface area contributed by atoms with Gasteiger partial charge < -0.3 is 4.74 Å². The fourth-order valence-electron chi connectivity index (χ4n) is 2.87. The summed E-state index contributed by atoms with van der Waals surface area (Å²) in [6, 6.07) is -0.122. The van der Waals surface area contributed by atoms with E-state index in [0.717, 1.165) is 25.7 Å². The molecule has 0 saturated heterocycles. The molecule has 0 spiro atoms. The van der Waals surface area contributed by atoms with Gasteiger partial charge in [0.05, 0.1) is 17.4 Å². The van der Waals surface area contributed by atoms with E-state index in [1.165, 1.54) is 6.26 Å². The van der Waals surface area contributed by atoms with Gasteiger partial charge in [0.15, 0.2) is 0 Å². The summed E-state index contributed by atoms with van der Waals surface area (Å²) in [6.45, 7) is 4.52. The molecule has 1 unspecified atom stereocenters. The molecule has 114 valence electrons. The first kappa shape index (κ1) is 16.9. The zero-order chi connectivity index (χ0) is 14.7. The van der Waals surface area contributed by atoms with Crippen LogP contribution in [-0.4, -0.2) is 39.2 Å². The third kappa shape index (κ3) is 4.70. The van der Waals surface area contributed by atoms with Gasteiger partial charge in [0, 0.05) is 13.4 Å². The minimum atomic E-state index is -2.98. The van der Waals surface area contributed by atoms with E-state index in [4.69, 9.17) is 10.6 Å². The van der Waals surface area contributed by atoms with Crippen molar-refractivity contribution in [2.75, 3.05) is 19.1 Å². The lowest BCUT2D eigenvalue weighted by atomic mass is 9.68. The number of methoxy groups -OCH3 is 1. The highest BCUT2D eigenvalue weighted by atomic mass is 32.2. The zero-order valence-corrected chi connectivity index (χ0v) is 13.3. The molecule has 5 nitrogen and oxygen atoms in total. The smallest absolute Gasteiger partial charge is 0.147 e. The number of nitrogens with two attached hydrogens (primary N) is 1. The third-order valence-electron chi connectivity index (χ3n) is 4.47. The quantitative estimate of drug-likeness (QED) is 0.568. The van der Waals surface area contributed by atoms with Crippen LogP contribution in [0.4, 0.5) is 0 Å². The minimum Gasteiger partial charge on any atom is -0.377 e. The molecule has 0 aromatic carbocycles. The van der Waals surface area contributed by atoms with E-state index in [2.05, 4.69) is 19.3 Å². The van der Waals surface area contributed by atoms with Gasteiger partial charge in [-0.1, -0.05) is 13.8 Å². The number of rotatable bonds is 6. The number of hydrazine groups is 1. The van der Waals surface area contributed by atoms with Crippen LogP contribution in [0.1, 0.15) is 46.0 Å². The van der Waals surface area contributed by atoms with Crippen molar-refractivity contribution < 1.29 is 13.2 Å². The molecule has 1 atom stereocenters. The van der Waals surface area contributed by atoms with Gasteiger partial charge in [-0.2, -0.15) is 0 Å². The SMILES string of the molecule is COC1(C(CCS(C)(=O)=O)NN)CCC(C)(C)CC1. The van der Waals surface area contributed by atoms with Crippen molar-refractivity contribution in [2.45, 2.75) is 57.6 Å². The maximum atomic E-state index is 11.3. The van der Waals surface area contributed by atoms with Crippen molar-refractivity contribution in [3.05, 3.63) is 0 Å². The Balaban J connectivity index is 2.76. The molecule has 1 aliphatic rings. The molecule has 0 radical (unpaired) electrons. The number of hydrogen-bond donors (Lipinski definition) is 2. The van der Waals surface area contributed by atoms with Crippen molar-refractivity contribution >= 4 is 9.84 Å². The topological polar surface area (TPSA) is 81.4 Å². The van der Waals surface area contributed by atoms with E-state index < -0.39 is 9.84 Å². The second-order valence-electron chi connectivity index (χ2n) is 6.57. The van der Waals surface area contributed by atoms with Gasteiger partial charge in [-0.3, -0.25) is 11.3 Å². The van der Waals surface area contributed by atoms with Crippen LogP contribution < -0.4 is 11.3 Å². The fraction of sp³-hybridized carbons (Fsp3) is 1.00. The first-order valence-electron chi connectivity index (χ1n) is 6.83. The van der Waals surface area contributed by atoms with Crippen molar-refractivity contribution in [1.82, 2.24) is 5.43 Å². The van der Waals surface area contributed by atoms with E-state index in [9.17, 15) is 8.42 Å². The maximum Gasteiger partial charge on any atom is 0.147 e. The maximum absolute atomic E-state index is 11.3. The molecule has 0 aromatic heterocycles. The molecule has 1 rings (SSSR count). The summed E-state index contributed by atoms with van der Waals surface area (Å²) in [5.41, 5.74) is 2.77. The number of sulfone groups is 1. The standard InChI is InChI=1S/C13H28N2O3S/c1-12(2)6-8-13(18-3,9-7-12)11(15-14)5-10-19(4,16)17/h11,15H,5-10,14H2,1-4H3. The molecule has 1 aliphatic carbocycles. The van der Waals surface area contributed by atoms with E-state index in [1.54, 1.807) is 7.11 Å². The Kier molecular flexibility index (Phi) is 5.40. The lowest BCUT2D eigenvalue weighted by Crippen LogP contribution is -2.57. The first-order valence-corrected chi connectivity index (χ1v) is 8.89. The van der Waals surface area contributed by atoms with E-state index in [1.807, 2.05) is 0 Å². The summed E-state index contributed by atoms with van der Waals surface area (Å²) in [5.74, 6) is 5.77. The molecular weight excluding hydrogens is 264 g/mol. The van der Waals surface area contributed by atoms with Gasteiger partial charge >= 0.3 is 0 Å². The summed E-state index contributed by atoms with van der Waals surface area (Å²) in [6.07, 6.45) is 5.70. The Morgan fingerprint density at radius 3 is 2.16 bits per heavy atom. The molecule has 19 heavy (non-hydrogen) atoms. The largest absolute Gasteiger partial charge is 0.377 e. The predicted octanol–water partition coefficient (Wildman–Crippen LogP) is 1.24. The van der Waals surface area contributed by atoms with Crippen molar-refractivity contribution in [1.29, 1.82) is 0 Å². The second kappa shape index (κ2) is 6.08. The highest BCUT2D eigenvalue weighted by molar-refractivity contribution is 7.90. The second-order valence-corrected chi connectivity index (χ2v) is 8.83. The molecule has 0 aromatic rings. The van der Waals surface area contributed by atoms with Crippen molar-refractivity contribution in [3.8, 4) is 0 Å². The van der Waals surface area contributed by atoms with Crippen LogP contribution >= 0.6 is 0 Å². The Morgan fingerprint density at radius 1 is 1.26 bits per heavy atom. The van der Waals surface area contributed by atoms with E-state index >= 15 is 0 Å². The predicted molar refractivity (Wildman–Crippen MR) is 77.4 cm³/mol. The average Bonchev–Trinajstić information content (AvgIpc) is 2.30. The zero-order valence-electron chi connectivity index (χ0n) is 12.5. The summed E-state index contributed by atoms with van der Waals surface area (Å²) in [4.78, 5) is 0. The van der Waals surface area contributed by atoms with E-state index in [-0.39, 0.29) is 17.4 Å². The van der Waals surface area contributed by atoms with Crippen molar-refractivity contribution in [2.24, 2.45) is 11.3 Å². The monoisotopic (exact) mass is 292 g/mol. The van der Waals surface area contributed by atoms with Crippen molar-refractivity contribution in [3.63, 3.8) is 0 Å². The minimum absolute atomic E-state index is 0.122. The number of nitrogens with one attached hydrogen (secondary N) is 1. The molecule has 1 fully saturated rings. The third-order valence-corrected chi connectivity index (χ3v) is 5.45. The van der Waals surface area contributed by atoms with E-state index in [0.29, 0.717) is 11.8 Å². The van der Waals surface area contributed by atoms with Crippen LogP contribution in [0.3, 0.4) is 0 Å². The van der Waals surface area contributed by atoms with Gasteiger partial charge in [0.25, 0.3) is 0 Å². The van der Waals surface area contributed by atoms with Crippen LogP contribution in [0.2, 0.25) is 0 Å². The molecule has 3 N–H and O–H groups in total. The van der Waals surface area contributed by atoms with Crippen LogP contribution in [0.5, 0.6) is 0 Å². The average molecular weight is 292 g/mol. The van der Waals surface area contributed by atoms with Gasteiger partial charge in [0.1, 0.15) is 9.84 Å². The molecular formula is C13H28N2O3S. The van der Waals surface area contributed by atoms with Gasteiger partial charge in [-0.25, -0.2) is 8.42 Å². The molecule has 0 heterocycles. The first-order chi connectivity index (χ1) is 8.64. The van der Waals surface area contributed by atoms with Crippen LogP contribution in [-0.2, 0) is 14.6 Å². The van der Waals surface area contributed by atoms with Crippen LogP contribution in [0.25, 0.3) is 0 Å². The summed E-state index contributed by atoms with van der Waals surface area (Å²) in [5, 5.41) is 0. The summed E-state index contributed by atoms with van der Waals surface area (Å²) in [7, 11) is -1.28. The lowest BCUT2D eigenvalue weighted by molar-refractivity contribution is -0.0868. The Bertz CT molecular complexity index is 383. The summed E-state index contributed by atoms with van der Waals surface area (Å²) >= 11 is 0. The Labute approximate surface area is 117 Å². The number of ether oxygens (including phenoxy) is 1. The van der Waals surface area contributed by atoms with Gasteiger partial charge in [0.2, 0.25) is 0 Å². The lowest BCUT2D eigenvalue weighted by Gasteiger charge is -2.46. The molecule has 1 saturated carbocycles. The van der Waals surface area contributed by atoms with Gasteiger partial charge in [-0.15, -0.1) is 0 Å². The molecule has 0 aliphatic heterocycles.